The zero-order chi connectivity index (χ0) is 13.1. The van der Waals surface area contributed by atoms with Crippen molar-refractivity contribution in [1.29, 1.82) is 0 Å². The third-order valence-electron chi connectivity index (χ3n) is 2.89. The number of hydrogen-bond donors (Lipinski definition) is 1. The normalized spacial score (nSPS) is 12.9. The van der Waals surface area contributed by atoms with Gasteiger partial charge in [0.25, 0.3) is 0 Å². The summed E-state index contributed by atoms with van der Waals surface area (Å²) in [6.07, 6.45) is 1.06. The van der Waals surface area contributed by atoms with E-state index in [2.05, 4.69) is 28.0 Å². The van der Waals surface area contributed by atoms with E-state index in [0.29, 0.717) is 6.42 Å². The summed E-state index contributed by atoms with van der Waals surface area (Å²) in [6.45, 7) is 4.92. The Balaban J connectivity index is 2.17. The van der Waals surface area contributed by atoms with Crippen molar-refractivity contribution >= 4 is 27.3 Å². The zero-order valence-corrected chi connectivity index (χ0v) is 13.0. The lowest BCUT2D eigenvalue weighted by molar-refractivity contribution is 0.168. The van der Waals surface area contributed by atoms with E-state index in [1.54, 1.807) is 11.3 Å². The molecule has 0 aromatic carbocycles. The first-order valence-corrected chi connectivity index (χ1v) is 7.73. The van der Waals surface area contributed by atoms with Crippen molar-refractivity contribution in [3.63, 3.8) is 0 Å². The molecule has 0 radical (unpaired) electrons. The third-order valence-corrected chi connectivity index (χ3v) is 4.53. The van der Waals surface area contributed by atoms with Gasteiger partial charge in [0.05, 0.1) is 15.2 Å². The van der Waals surface area contributed by atoms with Crippen molar-refractivity contribution in [2.75, 3.05) is 0 Å². The van der Waals surface area contributed by atoms with Crippen LogP contribution in [0.3, 0.4) is 0 Å². The van der Waals surface area contributed by atoms with Crippen LogP contribution in [0, 0.1) is 0 Å². The van der Waals surface area contributed by atoms with E-state index >= 15 is 0 Å². The van der Waals surface area contributed by atoms with Gasteiger partial charge in [-0.05, 0) is 47.5 Å². The highest BCUT2D eigenvalue weighted by Gasteiger charge is 2.16. The van der Waals surface area contributed by atoms with Crippen molar-refractivity contribution in [3.8, 4) is 0 Å². The van der Waals surface area contributed by atoms with E-state index < -0.39 is 6.10 Å². The molecule has 0 amide bonds. The number of aliphatic hydroxyl groups is 1. The SMILES string of the molecule is CCc1cc(C(O)Cc2ccc(Br)s2)n(CC)n1. The molecule has 3 nitrogen and oxygen atoms in total. The summed E-state index contributed by atoms with van der Waals surface area (Å²) < 4.78 is 2.99. The first-order chi connectivity index (χ1) is 8.63. The number of aryl methyl sites for hydroxylation is 2. The van der Waals surface area contributed by atoms with Gasteiger partial charge in [-0.25, -0.2) is 0 Å². The van der Waals surface area contributed by atoms with Gasteiger partial charge in [0.15, 0.2) is 0 Å². The van der Waals surface area contributed by atoms with Crippen molar-refractivity contribution in [2.45, 2.75) is 39.3 Å². The van der Waals surface area contributed by atoms with Crippen LogP contribution in [0.5, 0.6) is 0 Å². The molecular weight excluding hydrogens is 312 g/mol. The highest BCUT2D eigenvalue weighted by atomic mass is 79.9. The van der Waals surface area contributed by atoms with E-state index in [4.69, 9.17) is 0 Å². The molecule has 0 fully saturated rings. The van der Waals surface area contributed by atoms with Gasteiger partial charge in [0.2, 0.25) is 0 Å². The summed E-state index contributed by atoms with van der Waals surface area (Å²) in [6, 6.07) is 6.07. The number of hydrogen-bond acceptors (Lipinski definition) is 3. The van der Waals surface area contributed by atoms with Crippen LogP contribution in [0.1, 0.15) is 36.2 Å². The van der Waals surface area contributed by atoms with Crippen LogP contribution in [0.25, 0.3) is 0 Å². The first-order valence-electron chi connectivity index (χ1n) is 6.13. The molecule has 1 unspecified atom stereocenters. The van der Waals surface area contributed by atoms with E-state index in [9.17, 15) is 5.11 Å². The molecule has 1 atom stereocenters. The van der Waals surface area contributed by atoms with Crippen LogP contribution in [0.4, 0.5) is 0 Å². The van der Waals surface area contributed by atoms with E-state index in [1.165, 1.54) is 4.88 Å². The molecule has 0 aliphatic carbocycles. The number of thiophene rings is 1. The van der Waals surface area contributed by atoms with E-state index in [1.807, 2.05) is 29.8 Å². The molecule has 0 bridgehead atoms. The molecule has 1 N–H and O–H groups in total. The Hall–Kier alpha value is -0.650. The molecule has 0 saturated heterocycles. The number of nitrogens with zero attached hydrogens (tertiary/aromatic N) is 2. The van der Waals surface area contributed by atoms with Crippen molar-refractivity contribution in [3.05, 3.63) is 38.3 Å². The quantitative estimate of drug-likeness (QED) is 0.911. The Morgan fingerprint density at radius 2 is 2.22 bits per heavy atom. The van der Waals surface area contributed by atoms with E-state index in [0.717, 1.165) is 28.1 Å². The highest BCUT2D eigenvalue weighted by Crippen LogP contribution is 2.27. The smallest absolute Gasteiger partial charge is 0.100 e. The molecule has 2 heterocycles. The number of aliphatic hydroxyl groups excluding tert-OH is 1. The van der Waals surface area contributed by atoms with E-state index in [-0.39, 0.29) is 0 Å². The van der Waals surface area contributed by atoms with Crippen LogP contribution in [-0.2, 0) is 19.4 Å². The Kier molecular flexibility index (Phi) is 4.59. The lowest BCUT2D eigenvalue weighted by Gasteiger charge is -2.11. The van der Waals surface area contributed by atoms with Crippen molar-refractivity contribution in [2.24, 2.45) is 0 Å². The van der Waals surface area contributed by atoms with Gasteiger partial charge in [-0.3, -0.25) is 4.68 Å². The summed E-state index contributed by atoms with van der Waals surface area (Å²) >= 11 is 5.10. The predicted molar refractivity (Wildman–Crippen MR) is 78.0 cm³/mol. The molecule has 98 valence electrons. The Labute approximate surface area is 120 Å². The monoisotopic (exact) mass is 328 g/mol. The Morgan fingerprint density at radius 3 is 2.78 bits per heavy atom. The third kappa shape index (κ3) is 3.02. The van der Waals surface area contributed by atoms with Crippen molar-refractivity contribution < 1.29 is 5.11 Å². The number of halogens is 1. The maximum Gasteiger partial charge on any atom is 0.100 e. The van der Waals surface area contributed by atoms with Crippen LogP contribution in [0.15, 0.2) is 22.0 Å². The maximum absolute atomic E-state index is 10.3. The summed E-state index contributed by atoms with van der Waals surface area (Å²) in [5, 5.41) is 14.8. The average Bonchev–Trinajstić information content (AvgIpc) is 2.95. The number of aromatic nitrogens is 2. The average molecular weight is 329 g/mol. The van der Waals surface area contributed by atoms with Gasteiger partial charge in [0.1, 0.15) is 6.10 Å². The summed E-state index contributed by atoms with van der Waals surface area (Å²) in [7, 11) is 0. The van der Waals surface area contributed by atoms with Crippen LogP contribution < -0.4 is 0 Å². The summed E-state index contributed by atoms with van der Waals surface area (Å²) in [5.74, 6) is 0. The lowest BCUT2D eigenvalue weighted by atomic mass is 10.1. The second-order valence-corrected chi connectivity index (χ2v) is 6.70. The molecule has 0 aliphatic rings. The second-order valence-electron chi connectivity index (χ2n) is 4.16. The van der Waals surface area contributed by atoms with Crippen LogP contribution >= 0.6 is 27.3 Å². The van der Waals surface area contributed by atoms with Gasteiger partial charge < -0.3 is 5.11 Å². The molecule has 0 saturated carbocycles. The predicted octanol–water partition coefficient (Wildman–Crippen LogP) is 3.57. The molecule has 18 heavy (non-hydrogen) atoms. The summed E-state index contributed by atoms with van der Waals surface area (Å²) in [5.41, 5.74) is 1.96. The molecule has 0 spiro atoms. The van der Waals surface area contributed by atoms with Gasteiger partial charge >= 0.3 is 0 Å². The minimum atomic E-state index is -0.483. The lowest BCUT2D eigenvalue weighted by Crippen LogP contribution is -2.09. The molecule has 2 aromatic heterocycles. The van der Waals surface area contributed by atoms with Crippen molar-refractivity contribution in [1.82, 2.24) is 9.78 Å². The first kappa shape index (κ1) is 13.8. The zero-order valence-electron chi connectivity index (χ0n) is 10.6. The fourth-order valence-electron chi connectivity index (χ4n) is 1.94. The fourth-order valence-corrected chi connectivity index (χ4v) is 3.46. The standard InChI is InChI=1S/C13H17BrN2OS/c1-3-9-7-11(16(4-2)15-9)12(17)8-10-5-6-13(14)18-10/h5-7,12,17H,3-4,8H2,1-2H3. The van der Waals surface area contributed by atoms with Gasteiger partial charge in [0, 0.05) is 17.8 Å². The molecular formula is C13H17BrN2OS. The number of rotatable bonds is 5. The van der Waals surface area contributed by atoms with Crippen LogP contribution in [-0.4, -0.2) is 14.9 Å². The fraction of sp³-hybridized carbons (Fsp3) is 0.462. The topological polar surface area (TPSA) is 38.0 Å². The second kappa shape index (κ2) is 5.99. The molecule has 0 aliphatic heterocycles. The minimum absolute atomic E-state index is 0.483. The minimum Gasteiger partial charge on any atom is -0.386 e. The molecule has 2 rings (SSSR count). The molecule has 5 heteroatoms. The van der Waals surface area contributed by atoms with Gasteiger partial charge in [-0.1, -0.05) is 6.92 Å². The highest BCUT2D eigenvalue weighted by molar-refractivity contribution is 9.11. The van der Waals surface area contributed by atoms with Gasteiger partial charge in [-0.2, -0.15) is 5.10 Å². The van der Waals surface area contributed by atoms with Gasteiger partial charge in [-0.15, -0.1) is 11.3 Å². The van der Waals surface area contributed by atoms with Crippen LogP contribution in [0.2, 0.25) is 0 Å². The largest absolute Gasteiger partial charge is 0.386 e. The Bertz CT molecular complexity index is 521. The Morgan fingerprint density at radius 1 is 1.44 bits per heavy atom. The maximum atomic E-state index is 10.3. The summed E-state index contributed by atoms with van der Waals surface area (Å²) in [4.78, 5) is 1.18. The molecule has 2 aromatic rings.